The average molecular weight is 331 g/mol. The Morgan fingerprint density at radius 2 is 1.92 bits per heavy atom. The highest BCUT2D eigenvalue weighted by Crippen LogP contribution is 2.39. The normalized spacial score (nSPS) is 20.9. The van der Waals surface area contributed by atoms with E-state index >= 15 is 0 Å². The summed E-state index contributed by atoms with van der Waals surface area (Å²) in [4.78, 5) is 11.5. The summed E-state index contributed by atoms with van der Waals surface area (Å²) in [7, 11) is 1.75. The number of hydrogen-bond donors (Lipinski definition) is 0. The molecule has 2 heteroatoms. The summed E-state index contributed by atoms with van der Waals surface area (Å²) in [6.45, 7) is 3.07. The smallest absolute Gasteiger partial charge is 0.150 e. The topological polar surface area (TPSA) is 26.3 Å². The van der Waals surface area contributed by atoms with E-state index in [4.69, 9.17) is 4.74 Å². The summed E-state index contributed by atoms with van der Waals surface area (Å²) >= 11 is 0. The third-order valence-electron chi connectivity index (χ3n) is 5.59. The van der Waals surface area contributed by atoms with Gasteiger partial charge in [-0.05, 0) is 61.5 Å². The lowest BCUT2D eigenvalue weighted by Crippen LogP contribution is -2.15. The number of rotatable bonds is 10. The number of benzene rings is 1. The molecule has 0 saturated heterocycles. The van der Waals surface area contributed by atoms with Crippen molar-refractivity contribution < 1.29 is 9.53 Å². The van der Waals surface area contributed by atoms with E-state index in [0.29, 0.717) is 5.92 Å². The third-order valence-corrected chi connectivity index (χ3v) is 5.59. The van der Waals surface area contributed by atoms with Crippen LogP contribution in [0.3, 0.4) is 0 Å². The Balaban J connectivity index is 1.95. The minimum atomic E-state index is 0.579. The predicted octanol–water partition coefficient (Wildman–Crippen LogP) is 5.93. The molecule has 0 N–H and O–H groups in total. The lowest BCUT2D eigenvalue weighted by molar-refractivity contribution is 0.112. The highest BCUT2D eigenvalue weighted by molar-refractivity contribution is 5.77. The maximum atomic E-state index is 11.5. The van der Waals surface area contributed by atoms with E-state index in [0.717, 1.165) is 37.2 Å². The second kappa shape index (κ2) is 10.7. The van der Waals surface area contributed by atoms with E-state index in [9.17, 15) is 4.79 Å². The molecule has 0 bridgehead atoms. The summed E-state index contributed by atoms with van der Waals surface area (Å²) < 4.78 is 5.15. The molecule has 0 radical (unpaired) electrons. The molecule has 1 aromatic carbocycles. The zero-order valence-electron chi connectivity index (χ0n) is 15.6. The Morgan fingerprint density at radius 1 is 1.12 bits per heavy atom. The van der Waals surface area contributed by atoms with Crippen molar-refractivity contribution in [3.8, 4) is 0 Å². The van der Waals surface area contributed by atoms with Crippen molar-refractivity contribution in [2.45, 2.75) is 77.0 Å². The molecule has 0 aromatic heterocycles. The number of carbonyl (C=O) groups is 1. The lowest BCUT2D eigenvalue weighted by atomic mass is 9.75. The van der Waals surface area contributed by atoms with Crippen LogP contribution in [0.1, 0.15) is 92.1 Å². The number of aldehydes is 1. The molecule has 0 aliphatic heterocycles. The standard InChI is InChI=1S/C22H34O2/c1-3-4-5-7-18-9-12-20(13-10-18)22-16-19(8-6-15-24-2)11-14-21(22)17-23/h11,14,16-18,20H,3-10,12-13,15H2,1-2H3. The molecule has 0 atom stereocenters. The molecule has 1 aliphatic carbocycles. The van der Waals surface area contributed by atoms with Crippen molar-refractivity contribution in [3.63, 3.8) is 0 Å². The zero-order chi connectivity index (χ0) is 17.2. The monoisotopic (exact) mass is 330 g/mol. The quantitative estimate of drug-likeness (QED) is 0.392. The summed E-state index contributed by atoms with van der Waals surface area (Å²) in [5.74, 6) is 1.49. The van der Waals surface area contributed by atoms with Crippen LogP contribution < -0.4 is 0 Å². The molecule has 134 valence electrons. The number of aryl methyl sites for hydroxylation is 1. The van der Waals surface area contributed by atoms with Gasteiger partial charge in [-0.25, -0.2) is 0 Å². The Kier molecular flexibility index (Phi) is 8.52. The molecule has 0 unspecified atom stereocenters. The van der Waals surface area contributed by atoms with Gasteiger partial charge >= 0.3 is 0 Å². The molecular weight excluding hydrogens is 296 g/mol. The highest BCUT2D eigenvalue weighted by Gasteiger charge is 2.24. The molecule has 1 aliphatic rings. The minimum Gasteiger partial charge on any atom is -0.385 e. The van der Waals surface area contributed by atoms with Gasteiger partial charge in [-0.15, -0.1) is 0 Å². The van der Waals surface area contributed by atoms with Gasteiger partial charge in [0, 0.05) is 19.3 Å². The van der Waals surface area contributed by atoms with Crippen LogP contribution >= 0.6 is 0 Å². The van der Waals surface area contributed by atoms with Gasteiger partial charge in [0.15, 0.2) is 0 Å². The van der Waals surface area contributed by atoms with Crippen LogP contribution in [-0.2, 0) is 11.2 Å². The molecule has 0 amide bonds. The van der Waals surface area contributed by atoms with E-state index in [1.807, 2.05) is 6.07 Å². The van der Waals surface area contributed by atoms with Crippen molar-refractivity contribution in [2.75, 3.05) is 13.7 Å². The fraction of sp³-hybridized carbons (Fsp3) is 0.682. The first-order valence-corrected chi connectivity index (χ1v) is 9.85. The molecular formula is C22H34O2. The van der Waals surface area contributed by atoms with Crippen molar-refractivity contribution >= 4 is 6.29 Å². The number of hydrogen-bond acceptors (Lipinski definition) is 2. The second-order valence-electron chi connectivity index (χ2n) is 7.39. The SMILES string of the molecule is CCCCCC1CCC(c2cc(CCCOC)ccc2C=O)CC1. The summed E-state index contributed by atoms with van der Waals surface area (Å²) in [5, 5.41) is 0. The summed E-state index contributed by atoms with van der Waals surface area (Å²) in [6.07, 6.45) is 13.8. The van der Waals surface area contributed by atoms with E-state index in [2.05, 4.69) is 19.1 Å². The first kappa shape index (κ1) is 19.2. The molecule has 0 spiro atoms. The van der Waals surface area contributed by atoms with Gasteiger partial charge in [0.05, 0.1) is 0 Å². The third kappa shape index (κ3) is 5.73. The predicted molar refractivity (Wildman–Crippen MR) is 101 cm³/mol. The maximum absolute atomic E-state index is 11.5. The van der Waals surface area contributed by atoms with Gasteiger partial charge in [-0.2, -0.15) is 0 Å². The van der Waals surface area contributed by atoms with Gasteiger partial charge in [0.1, 0.15) is 6.29 Å². The summed E-state index contributed by atoms with van der Waals surface area (Å²) in [5.41, 5.74) is 3.55. The zero-order valence-corrected chi connectivity index (χ0v) is 15.6. The van der Waals surface area contributed by atoms with E-state index < -0.39 is 0 Å². The Morgan fingerprint density at radius 3 is 2.58 bits per heavy atom. The van der Waals surface area contributed by atoms with Gasteiger partial charge in [-0.3, -0.25) is 4.79 Å². The molecule has 2 rings (SSSR count). The Hall–Kier alpha value is -1.15. The number of carbonyl (C=O) groups excluding carboxylic acids is 1. The molecule has 24 heavy (non-hydrogen) atoms. The van der Waals surface area contributed by atoms with Crippen molar-refractivity contribution in [1.82, 2.24) is 0 Å². The average Bonchev–Trinajstić information content (AvgIpc) is 2.63. The van der Waals surface area contributed by atoms with Gasteiger partial charge < -0.3 is 4.74 Å². The first-order valence-electron chi connectivity index (χ1n) is 9.85. The Bertz CT molecular complexity index is 487. The fourth-order valence-corrected chi connectivity index (χ4v) is 4.11. The number of methoxy groups -OCH3 is 1. The van der Waals surface area contributed by atoms with Crippen LogP contribution in [0.5, 0.6) is 0 Å². The highest BCUT2D eigenvalue weighted by atomic mass is 16.5. The minimum absolute atomic E-state index is 0.579. The lowest BCUT2D eigenvalue weighted by Gasteiger charge is -2.29. The van der Waals surface area contributed by atoms with E-state index in [1.54, 1.807) is 7.11 Å². The molecule has 1 saturated carbocycles. The molecule has 0 heterocycles. The molecule has 1 fully saturated rings. The van der Waals surface area contributed by atoms with E-state index in [1.165, 1.54) is 62.5 Å². The van der Waals surface area contributed by atoms with Gasteiger partial charge in [0.25, 0.3) is 0 Å². The maximum Gasteiger partial charge on any atom is 0.150 e. The number of unbranched alkanes of at least 4 members (excludes halogenated alkanes) is 2. The van der Waals surface area contributed by atoms with Crippen LogP contribution in [0.4, 0.5) is 0 Å². The molecule has 2 nitrogen and oxygen atoms in total. The van der Waals surface area contributed by atoms with Crippen LogP contribution in [0, 0.1) is 5.92 Å². The van der Waals surface area contributed by atoms with Gasteiger partial charge in [0.2, 0.25) is 0 Å². The molecule has 1 aromatic rings. The Labute approximate surface area is 148 Å². The number of ether oxygens (including phenoxy) is 1. The fourth-order valence-electron chi connectivity index (χ4n) is 4.11. The van der Waals surface area contributed by atoms with Gasteiger partial charge in [-0.1, -0.05) is 50.8 Å². The van der Waals surface area contributed by atoms with E-state index in [-0.39, 0.29) is 0 Å². The van der Waals surface area contributed by atoms with Crippen LogP contribution in [0.2, 0.25) is 0 Å². The summed E-state index contributed by atoms with van der Waals surface area (Å²) in [6, 6.07) is 6.43. The van der Waals surface area contributed by atoms with Crippen LogP contribution in [-0.4, -0.2) is 20.0 Å². The van der Waals surface area contributed by atoms with Crippen molar-refractivity contribution in [3.05, 3.63) is 34.9 Å². The largest absolute Gasteiger partial charge is 0.385 e. The van der Waals surface area contributed by atoms with Crippen molar-refractivity contribution in [2.24, 2.45) is 5.92 Å². The van der Waals surface area contributed by atoms with Crippen LogP contribution in [0.25, 0.3) is 0 Å². The first-order chi connectivity index (χ1) is 11.8. The second-order valence-corrected chi connectivity index (χ2v) is 7.39. The van der Waals surface area contributed by atoms with Crippen LogP contribution in [0.15, 0.2) is 18.2 Å². The van der Waals surface area contributed by atoms with Crippen molar-refractivity contribution in [1.29, 1.82) is 0 Å².